The number of hydrogen-bond donors (Lipinski definition) is 3. The average Bonchev–Trinajstić information content (AvgIpc) is 2.39. The van der Waals surface area contributed by atoms with Gasteiger partial charge < -0.3 is 16.6 Å². The smallest absolute Gasteiger partial charge is 0.180 e. The Morgan fingerprint density at radius 2 is 2.33 bits per heavy atom. The van der Waals surface area contributed by atoms with E-state index < -0.39 is 6.10 Å². The van der Waals surface area contributed by atoms with E-state index in [0.717, 1.165) is 23.4 Å². The van der Waals surface area contributed by atoms with E-state index in [4.69, 9.17) is 11.5 Å². The van der Waals surface area contributed by atoms with Crippen molar-refractivity contribution in [2.45, 2.75) is 25.0 Å². The fourth-order valence-corrected chi connectivity index (χ4v) is 2.39. The molecule has 0 radical (unpaired) electrons. The molecular weight excluding hydrogens is 174 g/mol. The molecule has 66 valence electrons. The number of aliphatic hydroxyl groups is 1. The lowest BCUT2D eigenvalue weighted by Gasteiger charge is -2.22. The van der Waals surface area contributed by atoms with Crippen molar-refractivity contribution in [2.75, 3.05) is 5.73 Å². The SMILES string of the molecule is Nc1nc2c(s1)[C@@H](O)[C@@H](N)CC2. The number of nitrogen functional groups attached to an aromatic ring is 1. The van der Waals surface area contributed by atoms with Crippen LogP contribution in [0.1, 0.15) is 23.1 Å². The summed E-state index contributed by atoms with van der Waals surface area (Å²) in [5.74, 6) is 0. The molecule has 0 amide bonds. The summed E-state index contributed by atoms with van der Waals surface area (Å²) < 4.78 is 0. The van der Waals surface area contributed by atoms with Crippen molar-refractivity contribution in [3.05, 3.63) is 10.6 Å². The van der Waals surface area contributed by atoms with E-state index in [0.29, 0.717) is 5.13 Å². The Hall–Kier alpha value is -0.650. The van der Waals surface area contributed by atoms with Gasteiger partial charge in [0.25, 0.3) is 0 Å². The van der Waals surface area contributed by atoms with Crippen molar-refractivity contribution in [3.8, 4) is 0 Å². The molecule has 0 unspecified atom stereocenters. The number of rotatable bonds is 0. The third-order valence-electron chi connectivity index (χ3n) is 2.13. The van der Waals surface area contributed by atoms with E-state index in [1.54, 1.807) is 0 Å². The highest BCUT2D eigenvalue weighted by atomic mass is 32.1. The summed E-state index contributed by atoms with van der Waals surface area (Å²) in [6.45, 7) is 0. The fraction of sp³-hybridized carbons (Fsp3) is 0.571. The van der Waals surface area contributed by atoms with Crippen LogP contribution in [-0.2, 0) is 6.42 Å². The Morgan fingerprint density at radius 1 is 1.58 bits per heavy atom. The quantitative estimate of drug-likeness (QED) is 0.532. The van der Waals surface area contributed by atoms with Crippen LogP contribution in [0, 0.1) is 0 Å². The average molecular weight is 185 g/mol. The van der Waals surface area contributed by atoms with E-state index in [-0.39, 0.29) is 6.04 Å². The van der Waals surface area contributed by atoms with Crippen LogP contribution in [0.2, 0.25) is 0 Å². The monoisotopic (exact) mass is 185 g/mol. The van der Waals surface area contributed by atoms with Crippen LogP contribution in [0.25, 0.3) is 0 Å². The van der Waals surface area contributed by atoms with Crippen LogP contribution in [0.4, 0.5) is 5.13 Å². The van der Waals surface area contributed by atoms with Gasteiger partial charge >= 0.3 is 0 Å². The van der Waals surface area contributed by atoms with Crippen LogP contribution in [-0.4, -0.2) is 16.1 Å². The van der Waals surface area contributed by atoms with E-state index >= 15 is 0 Å². The Balaban J connectivity index is 2.41. The second kappa shape index (κ2) is 2.69. The van der Waals surface area contributed by atoms with Gasteiger partial charge in [-0.2, -0.15) is 0 Å². The molecule has 1 aromatic heterocycles. The summed E-state index contributed by atoms with van der Waals surface area (Å²) in [5, 5.41) is 10.2. The number of hydrogen-bond acceptors (Lipinski definition) is 5. The van der Waals surface area contributed by atoms with Gasteiger partial charge in [-0.15, -0.1) is 0 Å². The van der Waals surface area contributed by atoms with Gasteiger partial charge in [0.15, 0.2) is 5.13 Å². The molecule has 1 aliphatic rings. The van der Waals surface area contributed by atoms with Crippen molar-refractivity contribution >= 4 is 16.5 Å². The fourth-order valence-electron chi connectivity index (χ4n) is 1.45. The lowest BCUT2D eigenvalue weighted by atomic mass is 9.96. The molecule has 0 aromatic carbocycles. The number of nitrogens with two attached hydrogens (primary N) is 2. The standard InChI is InChI=1S/C7H11N3OS/c8-3-1-2-4-6(5(3)11)12-7(9)10-4/h3,5,11H,1-2,8H2,(H2,9,10)/t3-,5-/m0/s1. The third-order valence-corrected chi connectivity index (χ3v) is 3.13. The second-order valence-corrected chi connectivity index (χ2v) is 4.07. The molecule has 0 spiro atoms. The van der Waals surface area contributed by atoms with Crippen molar-refractivity contribution < 1.29 is 5.11 Å². The number of anilines is 1. The number of aliphatic hydroxyl groups excluding tert-OH is 1. The highest BCUT2D eigenvalue weighted by Gasteiger charge is 2.28. The molecule has 5 heteroatoms. The minimum absolute atomic E-state index is 0.155. The molecule has 0 saturated heterocycles. The zero-order valence-corrected chi connectivity index (χ0v) is 7.34. The molecule has 2 atom stereocenters. The van der Waals surface area contributed by atoms with Crippen molar-refractivity contribution in [1.29, 1.82) is 0 Å². The predicted octanol–water partition coefficient (Wildman–Crippen LogP) is 0.0322. The number of aryl methyl sites for hydroxylation is 1. The highest BCUT2D eigenvalue weighted by Crippen LogP contribution is 2.34. The molecule has 4 nitrogen and oxygen atoms in total. The molecule has 0 aliphatic heterocycles. The van der Waals surface area contributed by atoms with Crippen molar-refractivity contribution in [1.82, 2.24) is 4.98 Å². The van der Waals surface area contributed by atoms with E-state index in [1.807, 2.05) is 0 Å². The molecule has 0 saturated carbocycles. The third kappa shape index (κ3) is 1.10. The molecule has 1 aliphatic carbocycles. The predicted molar refractivity (Wildman–Crippen MR) is 47.8 cm³/mol. The summed E-state index contributed by atoms with van der Waals surface area (Å²) in [7, 11) is 0. The molecule has 0 fully saturated rings. The van der Waals surface area contributed by atoms with E-state index in [9.17, 15) is 5.11 Å². The van der Waals surface area contributed by atoms with Gasteiger partial charge in [-0.25, -0.2) is 4.98 Å². The first kappa shape index (κ1) is 7.97. The Morgan fingerprint density at radius 3 is 3.08 bits per heavy atom. The van der Waals surface area contributed by atoms with Gasteiger partial charge in [0.05, 0.1) is 10.6 Å². The maximum absolute atomic E-state index is 9.63. The number of aromatic nitrogens is 1. The normalized spacial score (nSPS) is 28.5. The summed E-state index contributed by atoms with van der Waals surface area (Å²) >= 11 is 1.34. The van der Waals surface area contributed by atoms with Gasteiger partial charge in [-0.05, 0) is 12.8 Å². The van der Waals surface area contributed by atoms with Gasteiger partial charge in [-0.3, -0.25) is 0 Å². The lowest BCUT2D eigenvalue weighted by Crippen LogP contribution is -2.32. The van der Waals surface area contributed by atoms with Crippen molar-refractivity contribution in [3.63, 3.8) is 0 Å². The minimum Gasteiger partial charge on any atom is -0.386 e. The number of thiazole rings is 1. The molecule has 1 aromatic rings. The van der Waals surface area contributed by atoms with E-state index in [1.165, 1.54) is 11.3 Å². The summed E-state index contributed by atoms with van der Waals surface area (Å²) in [6, 6.07) is -0.155. The molecule has 12 heavy (non-hydrogen) atoms. The Labute approximate surface area is 74.2 Å². The van der Waals surface area contributed by atoms with Crippen LogP contribution in [0.15, 0.2) is 0 Å². The summed E-state index contributed by atoms with van der Waals surface area (Å²) in [4.78, 5) is 4.97. The molecule has 5 N–H and O–H groups in total. The molecule has 2 rings (SSSR count). The molecule has 1 heterocycles. The topological polar surface area (TPSA) is 85.2 Å². The Kier molecular flexibility index (Phi) is 1.79. The second-order valence-electron chi connectivity index (χ2n) is 3.01. The number of fused-ring (bicyclic) bond motifs is 1. The van der Waals surface area contributed by atoms with Crippen LogP contribution >= 0.6 is 11.3 Å². The molecular formula is C7H11N3OS. The minimum atomic E-state index is -0.566. The largest absolute Gasteiger partial charge is 0.386 e. The van der Waals surface area contributed by atoms with Crippen LogP contribution in [0.3, 0.4) is 0 Å². The van der Waals surface area contributed by atoms with Gasteiger partial charge in [-0.1, -0.05) is 11.3 Å². The maximum Gasteiger partial charge on any atom is 0.180 e. The van der Waals surface area contributed by atoms with Gasteiger partial charge in [0.2, 0.25) is 0 Å². The summed E-state index contributed by atoms with van der Waals surface area (Å²) in [5.41, 5.74) is 12.1. The maximum atomic E-state index is 9.63. The van der Waals surface area contributed by atoms with Crippen LogP contribution in [0.5, 0.6) is 0 Å². The van der Waals surface area contributed by atoms with E-state index in [2.05, 4.69) is 4.98 Å². The van der Waals surface area contributed by atoms with Gasteiger partial charge in [0, 0.05) is 6.04 Å². The number of nitrogens with zero attached hydrogens (tertiary/aromatic N) is 1. The lowest BCUT2D eigenvalue weighted by molar-refractivity contribution is 0.137. The first-order valence-electron chi connectivity index (χ1n) is 3.87. The van der Waals surface area contributed by atoms with Crippen molar-refractivity contribution in [2.24, 2.45) is 5.73 Å². The Bertz CT molecular complexity index is 299. The summed E-state index contributed by atoms with van der Waals surface area (Å²) in [6.07, 6.45) is 1.06. The van der Waals surface area contributed by atoms with Crippen LogP contribution < -0.4 is 11.5 Å². The first-order chi connectivity index (χ1) is 5.68. The zero-order chi connectivity index (χ0) is 8.72. The zero-order valence-electron chi connectivity index (χ0n) is 6.53. The molecule has 0 bridgehead atoms. The first-order valence-corrected chi connectivity index (χ1v) is 4.69. The highest BCUT2D eigenvalue weighted by molar-refractivity contribution is 7.15. The van der Waals surface area contributed by atoms with Gasteiger partial charge in [0.1, 0.15) is 6.10 Å².